The first-order chi connectivity index (χ1) is 8.56. The Morgan fingerprint density at radius 2 is 2.44 bits per heavy atom. The van der Waals surface area contributed by atoms with Gasteiger partial charge >= 0.3 is 0 Å². The summed E-state index contributed by atoms with van der Waals surface area (Å²) in [4.78, 5) is 12.2. The van der Waals surface area contributed by atoms with E-state index >= 15 is 0 Å². The Morgan fingerprint density at radius 1 is 1.67 bits per heavy atom. The van der Waals surface area contributed by atoms with E-state index in [2.05, 4.69) is 5.32 Å². The lowest BCUT2D eigenvalue weighted by Gasteiger charge is -2.25. The predicted molar refractivity (Wildman–Crippen MR) is 66.7 cm³/mol. The smallest absolute Gasteiger partial charge is 0.234 e. The highest BCUT2D eigenvalue weighted by Crippen LogP contribution is 2.28. The van der Waals surface area contributed by atoms with Crippen molar-refractivity contribution in [1.82, 2.24) is 0 Å². The summed E-state index contributed by atoms with van der Waals surface area (Å²) < 4.78 is 5.24. The van der Waals surface area contributed by atoms with Crippen LogP contribution in [-0.2, 0) is 9.53 Å². The summed E-state index contributed by atoms with van der Waals surface area (Å²) in [7, 11) is 0. The normalized spacial score (nSPS) is 26.6. The highest BCUT2D eigenvalue weighted by molar-refractivity contribution is 5.96. The van der Waals surface area contributed by atoms with Gasteiger partial charge in [-0.1, -0.05) is 6.07 Å². The van der Waals surface area contributed by atoms with E-state index in [1.165, 1.54) is 0 Å². The Labute approximate surface area is 106 Å². The van der Waals surface area contributed by atoms with Crippen LogP contribution in [-0.4, -0.2) is 25.2 Å². The van der Waals surface area contributed by atoms with Gasteiger partial charge in [-0.2, -0.15) is 5.26 Å². The maximum absolute atomic E-state index is 12.2. The predicted octanol–water partition coefficient (Wildman–Crippen LogP) is 0.861. The zero-order valence-electron chi connectivity index (χ0n) is 10.1. The van der Waals surface area contributed by atoms with Crippen LogP contribution in [0.4, 0.5) is 5.69 Å². The lowest BCUT2D eigenvalue weighted by atomic mass is 9.85. The first-order valence-corrected chi connectivity index (χ1v) is 5.71. The highest BCUT2D eigenvalue weighted by Gasteiger charge is 2.44. The molecule has 1 amide bonds. The van der Waals surface area contributed by atoms with Crippen molar-refractivity contribution < 1.29 is 9.53 Å². The number of benzene rings is 1. The second kappa shape index (κ2) is 4.77. The van der Waals surface area contributed by atoms with E-state index < -0.39 is 5.41 Å². The number of hydrogen-bond acceptors (Lipinski definition) is 4. The fourth-order valence-electron chi connectivity index (χ4n) is 1.86. The van der Waals surface area contributed by atoms with Crippen LogP contribution in [0.3, 0.4) is 0 Å². The van der Waals surface area contributed by atoms with Gasteiger partial charge in [0.2, 0.25) is 5.91 Å². The molecule has 0 radical (unpaired) electrons. The van der Waals surface area contributed by atoms with Gasteiger partial charge in [-0.25, -0.2) is 0 Å². The minimum absolute atomic E-state index is 0.178. The maximum Gasteiger partial charge on any atom is 0.234 e. The average molecular weight is 245 g/mol. The monoisotopic (exact) mass is 245 g/mol. The van der Waals surface area contributed by atoms with Gasteiger partial charge < -0.3 is 15.8 Å². The van der Waals surface area contributed by atoms with Crippen molar-refractivity contribution in [1.29, 1.82) is 5.26 Å². The topological polar surface area (TPSA) is 88.1 Å². The van der Waals surface area contributed by atoms with Gasteiger partial charge in [0, 0.05) is 11.7 Å². The van der Waals surface area contributed by atoms with Crippen LogP contribution in [0.1, 0.15) is 12.5 Å². The molecule has 1 aliphatic heterocycles. The number of nitrogens with zero attached hydrogens (tertiary/aromatic N) is 1. The number of nitrogens with two attached hydrogens (primary N) is 1. The zero-order chi connectivity index (χ0) is 13.2. The average Bonchev–Trinajstić information content (AvgIpc) is 2.71. The van der Waals surface area contributed by atoms with E-state index in [0.717, 1.165) is 0 Å². The molecule has 0 aliphatic carbocycles. The maximum atomic E-state index is 12.2. The third-order valence-corrected chi connectivity index (χ3v) is 3.29. The van der Waals surface area contributed by atoms with Gasteiger partial charge in [0.25, 0.3) is 0 Å². The Hall–Kier alpha value is -1.90. The number of nitriles is 1. The SMILES string of the molecule is CC1(C(=O)Nc2cccc(C#N)c2)COCC1N. The number of carbonyl (C=O) groups is 1. The molecule has 18 heavy (non-hydrogen) atoms. The molecule has 0 aromatic heterocycles. The first kappa shape index (κ1) is 12.6. The highest BCUT2D eigenvalue weighted by atomic mass is 16.5. The molecule has 3 N–H and O–H groups in total. The van der Waals surface area contributed by atoms with Crippen LogP contribution in [0.25, 0.3) is 0 Å². The molecule has 1 aromatic rings. The molecule has 0 saturated carbocycles. The summed E-state index contributed by atoms with van der Waals surface area (Å²) in [5, 5.41) is 11.6. The van der Waals surface area contributed by atoms with E-state index in [9.17, 15) is 4.79 Å². The molecular weight excluding hydrogens is 230 g/mol. The van der Waals surface area contributed by atoms with E-state index in [1.54, 1.807) is 31.2 Å². The third kappa shape index (κ3) is 2.21. The van der Waals surface area contributed by atoms with E-state index in [0.29, 0.717) is 24.5 Å². The molecule has 2 unspecified atom stereocenters. The van der Waals surface area contributed by atoms with Crippen molar-refractivity contribution in [3.05, 3.63) is 29.8 Å². The van der Waals surface area contributed by atoms with Crippen molar-refractivity contribution in [2.45, 2.75) is 13.0 Å². The van der Waals surface area contributed by atoms with Crippen LogP contribution in [0.2, 0.25) is 0 Å². The molecule has 5 heteroatoms. The third-order valence-electron chi connectivity index (χ3n) is 3.29. The Kier molecular flexibility index (Phi) is 3.32. The van der Waals surface area contributed by atoms with Gasteiger partial charge in [0.1, 0.15) is 0 Å². The van der Waals surface area contributed by atoms with Crippen molar-refractivity contribution in [2.24, 2.45) is 11.1 Å². The van der Waals surface area contributed by atoms with Crippen molar-refractivity contribution in [3.8, 4) is 6.07 Å². The van der Waals surface area contributed by atoms with Gasteiger partial charge in [-0.3, -0.25) is 4.79 Å². The molecule has 0 spiro atoms. The summed E-state index contributed by atoms with van der Waals surface area (Å²) in [6.45, 7) is 2.49. The first-order valence-electron chi connectivity index (χ1n) is 5.71. The second-order valence-corrected chi connectivity index (χ2v) is 4.69. The number of carbonyl (C=O) groups excluding carboxylic acids is 1. The fourth-order valence-corrected chi connectivity index (χ4v) is 1.86. The number of ether oxygens (including phenoxy) is 1. The number of amides is 1. The Morgan fingerprint density at radius 3 is 3.06 bits per heavy atom. The minimum Gasteiger partial charge on any atom is -0.379 e. The van der Waals surface area contributed by atoms with Gasteiger partial charge in [-0.05, 0) is 25.1 Å². The molecule has 1 aromatic carbocycles. The number of hydrogen-bond donors (Lipinski definition) is 2. The molecule has 2 rings (SSSR count). The lowest BCUT2D eigenvalue weighted by Crippen LogP contribution is -2.47. The molecule has 94 valence electrons. The molecular formula is C13H15N3O2. The summed E-state index contributed by atoms with van der Waals surface area (Å²) in [5.41, 5.74) is 6.27. The Bertz CT molecular complexity index is 509. The van der Waals surface area contributed by atoms with E-state index in [1.807, 2.05) is 6.07 Å². The summed E-state index contributed by atoms with van der Waals surface area (Å²) >= 11 is 0. The van der Waals surface area contributed by atoms with E-state index in [4.69, 9.17) is 15.7 Å². The fraction of sp³-hybridized carbons (Fsp3) is 0.385. The van der Waals surface area contributed by atoms with Crippen LogP contribution in [0.5, 0.6) is 0 Å². The molecule has 0 bridgehead atoms. The quantitative estimate of drug-likeness (QED) is 0.808. The Balaban J connectivity index is 2.14. The molecule has 1 saturated heterocycles. The van der Waals surface area contributed by atoms with Gasteiger partial charge in [0.15, 0.2) is 0 Å². The van der Waals surface area contributed by atoms with Crippen LogP contribution in [0, 0.1) is 16.7 Å². The van der Waals surface area contributed by atoms with Crippen LogP contribution < -0.4 is 11.1 Å². The summed E-state index contributed by atoms with van der Waals surface area (Å²) in [5.74, 6) is -0.178. The summed E-state index contributed by atoms with van der Waals surface area (Å²) in [6, 6.07) is 8.49. The van der Waals surface area contributed by atoms with Crippen molar-refractivity contribution in [3.63, 3.8) is 0 Å². The molecule has 1 aliphatic rings. The lowest BCUT2D eigenvalue weighted by molar-refractivity contribution is -0.125. The number of anilines is 1. The zero-order valence-corrected chi connectivity index (χ0v) is 10.1. The number of nitrogens with one attached hydrogen (secondary N) is 1. The van der Waals surface area contributed by atoms with Gasteiger partial charge in [0.05, 0.1) is 30.3 Å². The summed E-state index contributed by atoms with van der Waals surface area (Å²) in [6.07, 6.45) is 0. The van der Waals surface area contributed by atoms with Crippen molar-refractivity contribution >= 4 is 11.6 Å². The molecule has 2 atom stereocenters. The van der Waals surface area contributed by atoms with E-state index in [-0.39, 0.29) is 11.9 Å². The largest absolute Gasteiger partial charge is 0.379 e. The minimum atomic E-state index is -0.720. The molecule has 1 heterocycles. The van der Waals surface area contributed by atoms with Crippen LogP contribution in [0.15, 0.2) is 24.3 Å². The second-order valence-electron chi connectivity index (χ2n) is 4.69. The molecule has 5 nitrogen and oxygen atoms in total. The molecule has 1 fully saturated rings. The van der Waals surface area contributed by atoms with Crippen molar-refractivity contribution in [2.75, 3.05) is 18.5 Å². The van der Waals surface area contributed by atoms with Crippen LogP contribution >= 0.6 is 0 Å². The van der Waals surface area contributed by atoms with Gasteiger partial charge in [-0.15, -0.1) is 0 Å². The standard InChI is InChI=1S/C13H15N3O2/c1-13(8-18-7-11(13)15)12(17)16-10-4-2-3-9(5-10)6-14/h2-5,11H,7-8,15H2,1H3,(H,16,17). The number of rotatable bonds is 2.